The molecule has 2 aromatic heterocycles. The fourth-order valence-electron chi connectivity index (χ4n) is 2.10. The highest BCUT2D eigenvalue weighted by molar-refractivity contribution is 5.90. The zero-order chi connectivity index (χ0) is 16.4. The van der Waals surface area contributed by atoms with Crippen LogP contribution in [0, 0.1) is 0 Å². The Morgan fingerprint density at radius 2 is 2.00 bits per heavy atom. The van der Waals surface area contributed by atoms with Crippen molar-refractivity contribution in [2.45, 2.75) is 12.6 Å². The topological polar surface area (TPSA) is 59.3 Å². The van der Waals surface area contributed by atoms with Crippen molar-refractivity contribution in [2.75, 3.05) is 5.32 Å². The lowest BCUT2D eigenvalue weighted by Crippen LogP contribution is -2.16. The van der Waals surface area contributed by atoms with Crippen LogP contribution in [-0.4, -0.2) is 20.5 Å². The molecule has 1 amide bonds. The number of anilines is 1. The number of pyridine rings is 1. The standard InChI is InChI=1S/C15H11F3N4O/c16-15(17,18)11-5-3-4-10(8-11)9-13(23)20-14-19-12-6-1-2-7-22(12)21-14/h1-8H,9H2,(H,20,21,23). The lowest BCUT2D eigenvalue weighted by molar-refractivity contribution is -0.137. The molecule has 0 bridgehead atoms. The first-order chi connectivity index (χ1) is 10.9. The number of amides is 1. The maximum atomic E-state index is 12.6. The highest BCUT2D eigenvalue weighted by Crippen LogP contribution is 2.29. The molecule has 0 atom stereocenters. The van der Waals surface area contributed by atoms with Crippen LogP contribution in [0.3, 0.4) is 0 Å². The van der Waals surface area contributed by atoms with E-state index in [1.807, 2.05) is 0 Å². The summed E-state index contributed by atoms with van der Waals surface area (Å²) in [6.45, 7) is 0. The lowest BCUT2D eigenvalue weighted by Gasteiger charge is -2.08. The van der Waals surface area contributed by atoms with Crippen molar-refractivity contribution in [2.24, 2.45) is 0 Å². The number of hydrogen-bond donors (Lipinski definition) is 1. The molecule has 3 aromatic rings. The van der Waals surface area contributed by atoms with Crippen LogP contribution >= 0.6 is 0 Å². The number of nitrogens with zero attached hydrogens (tertiary/aromatic N) is 3. The summed E-state index contributed by atoms with van der Waals surface area (Å²) in [6.07, 6.45) is -2.96. The van der Waals surface area contributed by atoms with Crippen LogP contribution in [0.5, 0.6) is 0 Å². The third kappa shape index (κ3) is 3.47. The van der Waals surface area contributed by atoms with Gasteiger partial charge in [0.15, 0.2) is 5.65 Å². The number of halogens is 3. The number of hydrogen-bond acceptors (Lipinski definition) is 3. The SMILES string of the molecule is O=C(Cc1cccc(C(F)(F)F)c1)Nc1nc2ccccn2n1. The fourth-order valence-corrected chi connectivity index (χ4v) is 2.10. The minimum atomic E-state index is -4.43. The van der Waals surface area contributed by atoms with Crippen LogP contribution in [-0.2, 0) is 17.4 Å². The lowest BCUT2D eigenvalue weighted by atomic mass is 10.1. The van der Waals surface area contributed by atoms with Gasteiger partial charge in [-0.1, -0.05) is 24.3 Å². The van der Waals surface area contributed by atoms with Crippen molar-refractivity contribution < 1.29 is 18.0 Å². The first-order valence-corrected chi connectivity index (χ1v) is 6.69. The summed E-state index contributed by atoms with van der Waals surface area (Å²) < 4.78 is 39.4. The van der Waals surface area contributed by atoms with Gasteiger partial charge in [0.2, 0.25) is 11.9 Å². The molecule has 8 heteroatoms. The molecule has 0 aliphatic carbocycles. The van der Waals surface area contributed by atoms with Gasteiger partial charge in [0.25, 0.3) is 0 Å². The molecule has 0 saturated heterocycles. The van der Waals surface area contributed by atoms with Gasteiger partial charge in [-0.25, -0.2) is 4.52 Å². The third-order valence-corrected chi connectivity index (χ3v) is 3.11. The Morgan fingerprint density at radius 3 is 2.74 bits per heavy atom. The van der Waals surface area contributed by atoms with Gasteiger partial charge in [-0.05, 0) is 23.8 Å². The van der Waals surface area contributed by atoms with E-state index in [1.54, 1.807) is 24.4 Å². The zero-order valence-corrected chi connectivity index (χ0v) is 11.7. The van der Waals surface area contributed by atoms with Crippen molar-refractivity contribution in [1.82, 2.24) is 14.6 Å². The van der Waals surface area contributed by atoms with E-state index in [4.69, 9.17) is 0 Å². The summed E-state index contributed by atoms with van der Waals surface area (Å²) in [7, 11) is 0. The van der Waals surface area contributed by atoms with Crippen LogP contribution in [0.25, 0.3) is 5.65 Å². The monoisotopic (exact) mass is 320 g/mol. The normalized spacial score (nSPS) is 11.6. The third-order valence-electron chi connectivity index (χ3n) is 3.11. The average molecular weight is 320 g/mol. The van der Waals surface area contributed by atoms with Crippen LogP contribution in [0.2, 0.25) is 0 Å². The molecular weight excluding hydrogens is 309 g/mol. The highest BCUT2D eigenvalue weighted by atomic mass is 19.4. The molecule has 0 radical (unpaired) electrons. The van der Waals surface area contributed by atoms with Crippen LogP contribution in [0.15, 0.2) is 48.7 Å². The van der Waals surface area contributed by atoms with Crippen LogP contribution < -0.4 is 5.32 Å². The summed E-state index contributed by atoms with van der Waals surface area (Å²) in [5.41, 5.74) is 0.0385. The molecule has 0 fully saturated rings. The van der Waals surface area contributed by atoms with Gasteiger partial charge in [0.1, 0.15) is 0 Å². The summed E-state index contributed by atoms with van der Waals surface area (Å²) >= 11 is 0. The summed E-state index contributed by atoms with van der Waals surface area (Å²) in [5.74, 6) is -0.381. The van der Waals surface area contributed by atoms with Crippen molar-refractivity contribution in [1.29, 1.82) is 0 Å². The molecule has 1 aromatic carbocycles. The molecule has 5 nitrogen and oxygen atoms in total. The fraction of sp³-hybridized carbons (Fsp3) is 0.133. The van der Waals surface area contributed by atoms with E-state index in [1.165, 1.54) is 16.6 Å². The number of fused-ring (bicyclic) bond motifs is 1. The molecule has 2 heterocycles. The number of rotatable bonds is 3. The molecule has 0 aliphatic rings. The number of carbonyl (C=O) groups excluding carboxylic acids is 1. The Kier molecular flexibility index (Phi) is 3.73. The molecule has 0 spiro atoms. The average Bonchev–Trinajstić information content (AvgIpc) is 2.88. The molecule has 0 saturated carbocycles. The minimum Gasteiger partial charge on any atom is -0.293 e. The number of carbonyl (C=O) groups is 1. The largest absolute Gasteiger partial charge is 0.416 e. The first kappa shape index (κ1) is 15.0. The maximum Gasteiger partial charge on any atom is 0.416 e. The second-order valence-electron chi connectivity index (χ2n) is 4.86. The van der Waals surface area contributed by atoms with E-state index in [-0.39, 0.29) is 17.9 Å². The van der Waals surface area contributed by atoms with Gasteiger partial charge < -0.3 is 0 Å². The Bertz CT molecular complexity index is 824. The van der Waals surface area contributed by atoms with Gasteiger partial charge in [-0.3, -0.25) is 10.1 Å². The number of alkyl halides is 3. The molecule has 118 valence electrons. The molecular formula is C15H11F3N4O. The van der Waals surface area contributed by atoms with E-state index in [2.05, 4.69) is 15.4 Å². The van der Waals surface area contributed by atoms with E-state index in [9.17, 15) is 18.0 Å². The molecule has 1 N–H and O–H groups in total. The van der Waals surface area contributed by atoms with E-state index in [0.29, 0.717) is 5.65 Å². The van der Waals surface area contributed by atoms with Gasteiger partial charge in [-0.15, -0.1) is 5.10 Å². The Labute approximate surface area is 128 Å². The van der Waals surface area contributed by atoms with Gasteiger partial charge in [0.05, 0.1) is 12.0 Å². The van der Waals surface area contributed by atoms with Crippen LogP contribution in [0.1, 0.15) is 11.1 Å². The summed E-state index contributed by atoms with van der Waals surface area (Å²) in [6, 6.07) is 9.91. The van der Waals surface area contributed by atoms with Crippen molar-refractivity contribution in [3.05, 3.63) is 59.8 Å². The summed E-state index contributed by atoms with van der Waals surface area (Å²) in [5, 5.41) is 6.52. The van der Waals surface area contributed by atoms with Crippen molar-refractivity contribution in [3.63, 3.8) is 0 Å². The smallest absolute Gasteiger partial charge is 0.293 e. The number of benzene rings is 1. The number of aromatic nitrogens is 3. The zero-order valence-electron chi connectivity index (χ0n) is 11.7. The highest BCUT2D eigenvalue weighted by Gasteiger charge is 2.30. The quantitative estimate of drug-likeness (QED) is 0.807. The minimum absolute atomic E-state index is 0.105. The Morgan fingerprint density at radius 1 is 1.17 bits per heavy atom. The van der Waals surface area contributed by atoms with E-state index in [0.717, 1.165) is 12.1 Å². The second kappa shape index (κ2) is 5.71. The first-order valence-electron chi connectivity index (χ1n) is 6.69. The molecule has 3 rings (SSSR count). The van der Waals surface area contributed by atoms with Gasteiger partial charge >= 0.3 is 6.18 Å². The van der Waals surface area contributed by atoms with Crippen molar-refractivity contribution in [3.8, 4) is 0 Å². The Hall–Kier alpha value is -2.90. The number of nitrogens with one attached hydrogen (secondary N) is 1. The Balaban J connectivity index is 1.72. The van der Waals surface area contributed by atoms with Crippen LogP contribution in [0.4, 0.5) is 19.1 Å². The van der Waals surface area contributed by atoms with Gasteiger partial charge in [0, 0.05) is 6.20 Å². The summed E-state index contributed by atoms with van der Waals surface area (Å²) in [4.78, 5) is 16.0. The van der Waals surface area contributed by atoms with E-state index >= 15 is 0 Å². The second-order valence-corrected chi connectivity index (χ2v) is 4.86. The van der Waals surface area contributed by atoms with Crippen molar-refractivity contribution >= 4 is 17.5 Å². The maximum absolute atomic E-state index is 12.6. The van der Waals surface area contributed by atoms with Gasteiger partial charge in [-0.2, -0.15) is 18.2 Å². The molecule has 23 heavy (non-hydrogen) atoms. The molecule has 0 aliphatic heterocycles. The predicted molar refractivity (Wildman–Crippen MR) is 76.8 cm³/mol. The van der Waals surface area contributed by atoms with E-state index < -0.39 is 17.6 Å². The molecule has 0 unspecified atom stereocenters. The predicted octanol–water partition coefficient (Wildman–Crippen LogP) is 2.93.